The minimum atomic E-state index is -0.457. The van der Waals surface area contributed by atoms with Crippen LogP contribution in [0.4, 0.5) is 4.79 Å². The first-order chi connectivity index (χ1) is 9.28. The fourth-order valence-electron chi connectivity index (χ4n) is 2.22. The van der Waals surface area contributed by atoms with Crippen LogP contribution in [0.2, 0.25) is 0 Å². The zero-order valence-electron chi connectivity index (χ0n) is 12.5. The molecule has 1 unspecified atom stereocenters. The quantitative estimate of drug-likeness (QED) is 0.782. The van der Waals surface area contributed by atoms with Crippen LogP contribution < -0.4 is 0 Å². The van der Waals surface area contributed by atoms with Gasteiger partial charge in [-0.1, -0.05) is 28.1 Å². The predicted octanol–water partition coefficient (Wildman–Crippen LogP) is 4.91. The van der Waals surface area contributed by atoms with E-state index >= 15 is 0 Å². The summed E-state index contributed by atoms with van der Waals surface area (Å²) in [5.41, 5.74) is 0.665. The largest absolute Gasteiger partial charge is 0.444 e. The van der Waals surface area contributed by atoms with E-state index in [2.05, 4.69) is 35.0 Å². The van der Waals surface area contributed by atoms with Crippen LogP contribution >= 0.6 is 15.9 Å². The summed E-state index contributed by atoms with van der Waals surface area (Å²) < 4.78 is 6.58. The van der Waals surface area contributed by atoms with Crippen LogP contribution in [0.3, 0.4) is 0 Å². The van der Waals surface area contributed by atoms with Gasteiger partial charge in [0.05, 0.1) is 6.04 Å². The Morgan fingerprint density at radius 1 is 1.40 bits per heavy atom. The molecule has 0 heterocycles. The van der Waals surface area contributed by atoms with E-state index in [0.29, 0.717) is 6.04 Å². The molecule has 1 aromatic rings. The second-order valence-electron chi connectivity index (χ2n) is 6.35. The first kappa shape index (κ1) is 15.4. The molecule has 1 amide bonds. The third-order valence-electron chi connectivity index (χ3n) is 3.29. The Kier molecular flexibility index (Phi) is 4.43. The molecule has 0 spiro atoms. The zero-order valence-corrected chi connectivity index (χ0v) is 14.1. The first-order valence-corrected chi connectivity index (χ1v) is 7.84. The number of carbonyl (C=O) groups excluding carboxylic acids is 1. The van der Waals surface area contributed by atoms with Crippen LogP contribution in [0.25, 0.3) is 0 Å². The summed E-state index contributed by atoms with van der Waals surface area (Å²) in [6.07, 6.45) is 1.92. The van der Waals surface area contributed by atoms with Crippen molar-refractivity contribution < 1.29 is 9.53 Å². The summed E-state index contributed by atoms with van der Waals surface area (Å²) in [4.78, 5) is 14.3. The molecule has 1 saturated carbocycles. The lowest BCUT2D eigenvalue weighted by atomic mass is 10.1. The van der Waals surface area contributed by atoms with Crippen molar-refractivity contribution in [2.75, 3.05) is 0 Å². The SMILES string of the molecule is CC(c1cccc(Br)c1)N(C(=O)OC(C)(C)C)C1CC1. The molecule has 0 radical (unpaired) electrons. The molecule has 3 nitrogen and oxygen atoms in total. The highest BCUT2D eigenvalue weighted by atomic mass is 79.9. The van der Waals surface area contributed by atoms with Gasteiger partial charge in [0, 0.05) is 10.5 Å². The molecule has 1 aromatic carbocycles. The summed E-state index contributed by atoms with van der Waals surface area (Å²) in [6, 6.07) is 8.44. The lowest BCUT2D eigenvalue weighted by molar-refractivity contribution is 0.0153. The number of halogens is 1. The molecule has 1 atom stereocenters. The Morgan fingerprint density at radius 2 is 2.05 bits per heavy atom. The Hall–Kier alpha value is -1.03. The lowest BCUT2D eigenvalue weighted by Crippen LogP contribution is -2.39. The Labute approximate surface area is 129 Å². The van der Waals surface area contributed by atoms with Crippen LogP contribution in [-0.4, -0.2) is 22.6 Å². The van der Waals surface area contributed by atoms with E-state index in [0.717, 1.165) is 22.9 Å². The summed E-state index contributed by atoms with van der Waals surface area (Å²) >= 11 is 3.48. The van der Waals surface area contributed by atoms with E-state index in [4.69, 9.17) is 4.74 Å². The number of nitrogens with zero attached hydrogens (tertiary/aromatic N) is 1. The molecule has 1 fully saturated rings. The minimum absolute atomic E-state index is 0.0230. The predicted molar refractivity (Wildman–Crippen MR) is 83.7 cm³/mol. The number of hydrogen-bond acceptors (Lipinski definition) is 2. The maximum absolute atomic E-state index is 12.4. The zero-order chi connectivity index (χ0) is 14.9. The molecule has 1 aliphatic carbocycles. The molecule has 0 N–H and O–H groups in total. The number of ether oxygens (including phenoxy) is 1. The molecule has 1 aliphatic rings. The fourth-order valence-corrected chi connectivity index (χ4v) is 2.63. The van der Waals surface area contributed by atoms with Crippen molar-refractivity contribution in [1.29, 1.82) is 0 Å². The van der Waals surface area contributed by atoms with Crippen molar-refractivity contribution >= 4 is 22.0 Å². The second kappa shape index (κ2) is 5.76. The average Bonchev–Trinajstić information content (AvgIpc) is 3.11. The van der Waals surface area contributed by atoms with Crippen molar-refractivity contribution in [3.63, 3.8) is 0 Å². The summed E-state index contributed by atoms with van der Waals surface area (Å²) in [5.74, 6) is 0. The van der Waals surface area contributed by atoms with E-state index in [1.807, 2.05) is 37.8 Å². The highest BCUT2D eigenvalue weighted by molar-refractivity contribution is 9.10. The van der Waals surface area contributed by atoms with Gasteiger partial charge in [0.25, 0.3) is 0 Å². The van der Waals surface area contributed by atoms with Crippen molar-refractivity contribution in [1.82, 2.24) is 4.90 Å². The highest BCUT2D eigenvalue weighted by Gasteiger charge is 2.38. The number of carbonyl (C=O) groups is 1. The maximum Gasteiger partial charge on any atom is 0.411 e. The topological polar surface area (TPSA) is 29.5 Å². The van der Waals surface area contributed by atoms with Crippen LogP contribution in [0.1, 0.15) is 52.1 Å². The van der Waals surface area contributed by atoms with Gasteiger partial charge in [-0.2, -0.15) is 0 Å². The van der Waals surface area contributed by atoms with E-state index < -0.39 is 5.60 Å². The Balaban J connectivity index is 2.18. The van der Waals surface area contributed by atoms with Crippen LogP contribution in [-0.2, 0) is 4.74 Å². The number of amides is 1. The second-order valence-corrected chi connectivity index (χ2v) is 7.27. The third kappa shape index (κ3) is 3.98. The van der Waals surface area contributed by atoms with Gasteiger partial charge >= 0.3 is 6.09 Å². The Morgan fingerprint density at radius 3 is 2.55 bits per heavy atom. The average molecular weight is 340 g/mol. The lowest BCUT2D eigenvalue weighted by Gasteiger charge is -2.32. The van der Waals surface area contributed by atoms with Crippen molar-refractivity contribution in [2.45, 2.75) is 58.2 Å². The summed E-state index contributed by atoms with van der Waals surface area (Å²) in [6.45, 7) is 7.77. The van der Waals surface area contributed by atoms with Gasteiger partial charge in [-0.05, 0) is 58.2 Å². The standard InChI is InChI=1S/C16H22BrNO2/c1-11(12-6-5-7-13(17)10-12)18(14-8-9-14)15(19)20-16(2,3)4/h5-7,10-11,14H,8-9H2,1-4H3. The molecule has 20 heavy (non-hydrogen) atoms. The van der Waals surface area contributed by atoms with Gasteiger partial charge in [-0.25, -0.2) is 4.79 Å². The van der Waals surface area contributed by atoms with Gasteiger partial charge in [-0.15, -0.1) is 0 Å². The molecule has 0 bridgehead atoms. The third-order valence-corrected chi connectivity index (χ3v) is 3.79. The molecular formula is C16H22BrNO2. The molecule has 0 saturated heterocycles. The van der Waals surface area contributed by atoms with Gasteiger partial charge in [0.15, 0.2) is 0 Å². The minimum Gasteiger partial charge on any atom is -0.444 e. The molecule has 0 aromatic heterocycles. The smallest absolute Gasteiger partial charge is 0.411 e. The molecule has 4 heteroatoms. The molecular weight excluding hydrogens is 318 g/mol. The van der Waals surface area contributed by atoms with Crippen LogP contribution in [0, 0.1) is 0 Å². The monoisotopic (exact) mass is 339 g/mol. The summed E-state index contributed by atoms with van der Waals surface area (Å²) in [5, 5.41) is 0. The number of hydrogen-bond donors (Lipinski definition) is 0. The Bertz CT molecular complexity index is 491. The van der Waals surface area contributed by atoms with Crippen LogP contribution in [0.5, 0.6) is 0 Å². The van der Waals surface area contributed by atoms with Gasteiger partial charge < -0.3 is 4.74 Å². The van der Waals surface area contributed by atoms with Gasteiger partial charge in [0.2, 0.25) is 0 Å². The molecule has 0 aliphatic heterocycles. The van der Waals surface area contributed by atoms with Gasteiger partial charge in [-0.3, -0.25) is 4.90 Å². The first-order valence-electron chi connectivity index (χ1n) is 7.05. The van der Waals surface area contributed by atoms with E-state index in [1.165, 1.54) is 0 Å². The summed E-state index contributed by atoms with van der Waals surface area (Å²) in [7, 11) is 0. The van der Waals surface area contributed by atoms with Gasteiger partial charge in [0.1, 0.15) is 5.60 Å². The normalized spacial score (nSPS) is 16.6. The number of rotatable bonds is 3. The van der Waals surface area contributed by atoms with Crippen molar-refractivity contribution in [3.05, 3.63) is 34.3 Å². The fraction of sp³-hybridized carbons (Fsp3) is 0.562. The molecule has 2 rings (SSSR count). The number of benzene rings is 1. The van der Waals surface area contributed by atoms with Crippen molar-refractivity contribution in [2.24, 2.45) is 0 Å². The van der Waals surface area contributed by atoms with Crippen molar-refractivity contribution in [3.8, 4) is 0 Å². The highest BCUT2D eigenvalue weighted by Crippen LogP contribution is 2.36. The maximum atomic E-state index is 12.4. The van der Waals surface area contributed by atoms with E-state index in [9.17, 15) is 4.79 Å². The van der Waals surface area contributed by atoms with E-state index in [-0.39, 0.29) is 12.1 Å². The van der Waals surface area contributed by atoms with Crippen LogP contribution in [0.15, 0.2) is 28.7 Å². The van der Waals surface area contributed by atoms with E-state index in [1.54, 1.807) is 0 Å². The molecule has 110 valence electrons.